The topological polar surface area (TPSA) is 32.3 Å². The molecule has 138 valence electrons. The zero-order valence-corrected chi connectivity index (χ0v) is 15.8. The second-order valence-electron chi connectivity index (χ2n) is 8.68. The van der Waals surface area contributed by atoms with Crippen LogP contribution in [0.25, 0.3) is 0 Å². The Morgan fingerprint density at radius 3 is 2.33 bits per heavy atom. The van der Waals surface area contributed by atoms with Crippen LogP contribution in [0.2, 0.25) is 0 Å². The second-order valence-corrected chi connectivity index (χ2v) is 8.68. The minimum absolute atomic E-state index is 0.300. The van der Waals surface area contributed by atoms with Crippen molar-refractivity contribution in [2.45, 2.75) is 90.0 Å². The fraction of sp³-hybridized carbons (Fsp3) is 0.952. The summed E-state index contributed by atoms with van der Waals surface area (Å²) in [5.74, 6) is 2.54. The summed E-state index contributed by atoms with van der Waals surface area (Å²) < 4.78 is 0. The van der Waals surface area contributed by atoms with E-state index in [1.54, 1.807) is 0 Å². The van der Waals surface area contributed by atoms with E-state index in [0.29, 0.717) is 17.9 Å². The van der Waals surface area contributed by atoms with Gasteiger partial charge in [-0.1, -0.05) is 45.4 Å². The Labute approximate surface area is 148 Å². The normalized spacial score (nSPS) is 25.0. The molecule has 1 aliphatic heterocycles. The molecule has 3 heteroatoms. The fourth-order valence-electron chi connectivity index (χ4n) is 4.73. The SMILES string of the molecule is CCCC(CC1CCCCC1)C(=O)N1CCC(NCC2CC2)CC1. The predicted octanol–water partition coefficient (Wildman–Crippen LogP) is 4.36. The van der Waals surface area contributed by atoms with E-state index < -0.39 is 0 Å². The number of nitrogens with one attached hydrogen (secondary N) is 1. The first kappa shape index (κ1) is 18.2. The van der Waals surface area contributed by atoms with Crippen molar-refractivity contribution < 1.29 is 4.79 Å². The van der Waals surface area contributed by atoms with Crippen LogP contribution < -0.4 is 5.32 Å². The van der Waals surface area contributed by atoms with E-state index in [0.717, 1.165) is 57.0 Å². The number of piperidine rings is 1. The smallest absolute Gasteiger partial charge is 0.225 e. The lowest BCUT2D eigenvalue weighted by atomic mass is 9.81. The van der Waals surface area contributed by atoms with Crippen LogP contribution in [0.4, 0.5) is 0 Å². The van der Waals surface area contributed by atoms with Gasteiger partial charge in [0.2, 0.25) is 5.91 Å². The van der Waals surface area contributed by atoms with Gasteiger partial charge in [-0.2, -0.15) is 0 Å². The first-order valence-electron chi connectivity index (χ1n) is 10.8. The Morgan fingerprint density at radius 1 is 1.00 bits per heavy atom. The molecule has 0 aromatic heterocycles. The second kappa shape index (κ2) is 9.22. The van der Waals surface area contributed by atoms with Crippen LogP contribution in [0.3, 0.4) is 0 Å². The van der Waals surface area contributed by atoms with Gasteiger partial charge in [0.25, 0.3) is 0 Å². The molecule has 24 heavy (non-hydrogen) atoms. The molecule has 0 spiro atoms. The number of amides is 1. The monoisotopic (exact) mass is 334 g/mol. The van der Waals surface area contributed by atoms with E-state index in [1.807, 2.05) is 0 Å². The van der Waals surface area contributed by atoms with Crippen molar-refractivity contribution in [3.8, 4) is 0 Å². The first-order chi connectivity index (χ1) is 11.8. The Kier molecular flexibility index (Phi) is 7.00. The summed E-state index contributed by atoms with van der Waals surface area (Å²) in [6.07, 6.45) is 15.4. The van der Waals surface area contributed by atoms with Gasteiger partial charge in [0.1, 0.15) is 0 Å². The van der Waals surface area contributed by atoms with Gasteiger partial charge in [0, 0.05) is 25.0 Å². The average Bonchev–Trinajstić information content (AvgIpc) is 3.45. The summed E-state index contributed by atoms with van der Waals surface area (Å²) in [5, 5.41) is 3.73. The molecule has 0 aromatic rings. The summed E-state index contributed by atoms with van der Waals surface area (Å²) in [6, 6.07) is 0.651. The van der Waals surface area contributed by atoms with Crippen molar-refractivity contribution >= 4 is 5.91 Å². The van der Waals surface area contributed by atoms with Crippen molar-refractivity contribution in [2.24, 2.45) is 17.8 Å². The summed E-state index contributed by atoms with van der Waals surface area (Å²) in [5.41, 5.74) is 0. The highest BCUT2D eigenvalue weighted by atomic mass is 16.2. The van der Waals surface area contributed by atoms with E-state index in [-0.39, 0.29) is 0 Å². The highest BCUT2D eigenvalue weighted by Crippen LogP contribution is 2.32. The van der Waals surface area contributed by atoms with Crippen molar-refractivity contribution in [2.75, 3.05) is 19.6 Å². The minimum Gasteiger partial charge on any atom is -0.342 e. The quantitative estimate of drug-likeness (QED) is 0.715. The Bertz CT molecular complexity index is 379. The van der Waals surface area contributed by atoms with Crippen LogP contribution in [0.1, 0.15) is 84.0 Å². The molecule has 3 nitrogen and oxygen atoms in total. The molecule has 3 fully saturated rings. The molecule has 1 unspecified atom stereocenters. The number of hydrogen-bond acceptors (Lipinski definition) is 2. The van der Waals surface area contributed by atoms with Gasteiger partial charge in [-0.05, 0) is 56.9 Å². The molecule has 1 amide bonds. The summed E-state index contributed by atoms with van der Waals surface area (Å²) >= 11 is 0. The summed E-state index contributed by atoms with van der Waals surface area (Å²) in [6.45, 7) is 5.39. The van der Waals surface area contributed by atoms with Gasteiger partial charge in [-0.25, -0.2) is 0 Å². The van der Waals surface area contributed by atoms with Crippen molar-refractivity contribution in [3.63, 3.8) is 0 Å². The Balaban J connectivity index is 1.43. The van der Waals surface area contributed by atoms with E-state index in [2.05, 4.69) is 17.1 Å². The lowest BCUT2D eigenvalue weighted by Gasteiger charge is -2.36. The molecule has 0 aromatic carbocycles. The van der Waals surface area contributed by atoms with Gasteiger partial charge in [-0.15, -0.1) is 0 Å². The maximum absolute atomic E-state index is 13.1. The average molecular weight is 335 g/mol. The van der Waals surface area contributed by atoms with E-state index in [4.69, 9.17) is 0 Å². The summed E-state index contributed by atoms with van der Waals surface area (Å²) in [7, 11) is 0. The fourth-order valence-corrected chi connectivity index (χ4v) is 4.73. The molecule has 3 rings (SSSR count). The maximum atomic E-state index is 13.1. The van der Waals surface area contributed by atoms with E-state index in [1.165, 1.54) is 51.5 Å². The minimum atomic E-state index is 0.300. The number of rotatable bonds is 8. The zero-order valence-electron chi connectivity index (χ0n) is 15.8. The third-order valence-electron chi connectivity index (χ3n) is 6.53. The molecule has 0 radical (unpaired) electrons. The van der Waals surface area contributed by atoms with Crippen LogP contribution in [0, 0.1) is 17.8 Å². The van der Waals surface area contributed by atoms with Gasteiger partial charge in [0.05, 0.1) is 0 Å². The molecule has 1 heterocycles. The number of nitrogens with zero attached hydrogens (tertiary/aromatic N) is 1. The van der Waals surface area contributed by atoms with Crippen molar-refractivity contribution in [1.82, 2.24) is 10.2 Å². The van der Waals surface area contributed by atoms with Gasteiger partial charge in [0.15, 0.2) is 0 Å². The van der Waals surface area contributed by atoms with Crippen LogP contribution in [0.15, 0.2) is 0 Å². The summed E-state index contributed by atoms with van der Waals surface area (Å²) in [4.78, 5) is 15.2. The Morgan fingerprint density at radius 2 is 1.71 bits per heavy atom. The molecule has 3 aliphatic rings. The van der Waals surface area contributed by atoms with Crippen LogP contribution in [-0.4, -0.2) is 36.5 Å². The van der Waals surface area contributed by atoms with Crippen LogP contribution >= 0.6 is 0 Å². The molecule has 1 atom stereocenters. The predicted molar refractivity (Wildman–Crippen MR) is 99.9 cm³/mol. The highest BCUT2D eigenvalue weighted by molar-refractivity contribution is 5.79. The largest absolute Gasteiger partial charge is 0.342 e. The highest BCUT2D eigenvalue weighted by Gasteiger charge is 2.30. The van der Waals surface area contributed by atoms with Gasteiger partial charge < -0.3 is 10.2 Å². The molecule has 2 aliphatic carbocycles. The number of likely N-dealkylation sites (tertiary alicyclic amines) is 1. The van der Waals surface area contributed by atoms with E-state index in [9.17, 15) is 4.79 Å². The lowest BCUT2D eigenvalue weighted by molar-refractivity contribution is -0.137. The van der Waals surface area contributed by atoms with Crippen LogP contribution in [-0.2, 0) is 4.79 Å². The number of carbonyl (C=O) groups excluding carboxylic acids is 1. The van der Waals surface area contributed by atoms with Gasteiger partial charge in [-0.3, -0.25) is 4.79 Å². The number of carbonyl (C=O) groups is 1. The van der Waals surface area contributed by atoms with Crippen LogP contribution in [0.5, 0.6) is 0 Å². The molecular formula is C21H38N2O. The molecule has 2 saturated carbocycles. The zero-order chi connectivity index (χ0) is 16.8. The first-order valence-corrected chi connectivity index (χ1v) is 10.8. The van der Waals surface area contributed by atoms with Crippen molar-refractivity contribution in [1.29, 1.82) is 0 Å². The Hall–Kier alpha value is -0.570. The molecular weight excluding hydrogens is 296 g/mol. The lowest BCUT2D eigenvalue weighted by Crippen LogP contribution is -2.47. The standard InChI is InChI=1S/C21H38N2O/c1-2-6-19(15-17-7-4-3-5-8-17)21(24)23-13-11-20(12-14-23)22-16-18-9-10-18/h17-20,22H,2-16H2,1H3. The molecule has 0 bridgehead atoms. The molecule has 1 saturated heterocycles. The number of hydrogen-bond donors (Lipinski definition) is 1. The molecule has 1 N–H and O–H groups in total. The van der Waals surface area contributed by atoms with E-state index >= 15 is 0 Å². The third kappa shape index (κ3) is 5.47. The maximum Gasteiger partial charge on any atom is 0.225 e. The van der Waals surface area contributed by atoms with Gasteiger partial charge >= 0.3 is 0 Å². The van der Waals surface area contributed by atoms with Crippen molar-refractivity contribution in [3.05, 3.63) is 0 Å². The third-order valence-corrected chi connectivity index (χ3v) is 6.53.